The summed E-state index contributed by atoms with van der Waals surface area (Å²) in [6.45, 7) is 6.25. The van der Waals surface area contributed by atoms with Crippen LogP contribution in [0.5, 0.6) is 0 Å². The first-order chi connectivity index (χ1) is 12.4. The summed E-state index contributed by atoms with van der Waals surface area (Å²) in [5, 5.41) is 0. The molecule has 0 spiro atoms. The summed E-state index contributed by atoms with van der Waals surface area (Å²) >= 11 is 0. The van der Waals surface area contributed by atoms with Gasteiger partial charge in [0.15, 0.2) is 5.78 Å². The van der Waals surface area contributed by atoms with Crippen LogP contribution in [0.25, 0.3) is 0 Å². The third-order valence-electron chi connectivity index (χ3n) is 3.62. The molecule has 2 aromatic rings. The molecule has 0 aliphatic heterocycles. The summed E-state index contributed by atoms with van der Waals surface area (Å²) in [7, 11) is 6.37. The van der Waals surface area contributed by atoms with Crippen LogP contribution in [0, 0.1) is 0 Å². The predicted molar refractivity (Wildman–Crippen MR) is 104 cm³/mol. The molecule has 0 saturated heterocycles. The van der Waals surface area contributed by atoms with Crippen molar-refractivity contribution in [1.82, 2.24) is 0 Å². The van der Waals surface area contributed by atoms with Crippen molar-refractivity contribution in [2.75, 3.05) is 21.1 Å². The van der Waals surface area contributed by atoms with Crippen molar-refractivity contribution in [3.63, 3.8) is 0 Å². The molecule has 5 heteroatoms. The molecule has 0 aliphatic rings. The van der Waals surface area contributed by atoms with Gasteiger partial charge < -0.3 is 4.48 Å². The number of hydrogen-bond acceptors (Lipinski definition) is 4. The molecule has 0 atom stereocenters. The van der Waals surface area contributed by atoms with E-state index < -0.39 is 11.6 Å². The monoisotopic (exact) mass is 370 g/mol. The molecule has 5 nitrogen and oxygen atoms in total. The second-order valence-electron chi connectivity index (χ2n) is 8.62. The van der Waals surface area contributed by atoms with Crippen molar-refractivity contribution in [3.8, 4) is 0 Å². The van der Waals surface area contributed by atoms with Crippen molar-refractivity contribution in [2.24, 2.45) is 0 Å². The first kappa shape index (κ1) is 20.8. The van der Waals surface area contributed by atoms with Crippen LogP contribution in [-0.4, -0.2) is 43.0 Å². The fourth-order valence-electron chi connectivity index (χ4n) is 2.44. The number of ketones is 1. The van der Waals surface area contributed by atoms with E-state index in [1.165, 1.54) is 5.56 Å². The molecule has 0 aromatic heterocycles. The first-order valence-electron chi connectivity index (χ1n) is 8.89. The number of hydrogen-bond donors (Lipinski definition) is 0. The maximum absolute atomic E-state index is 12.6. The van der Waals surface area contributed by atoms with Crippen molar-refractivity contribution >= 4 is 11.8 Å². The average Bonchev–Trinajstić information content (AvgIpc) is 2.58. The molecule has 0 heterocycles. The lowest BCUT2D eigenvalue weighted by molar-refractivity contribution is -0.884. The Bertz CT molecular complexity index is 794. The predicted octanol–water partition coefficient (Wildman–Crippen LogP) is 4.01. The Hall–Kier alpha value is -2.50. The maximum Gasteiger partial charge on any atom is 0.373 e. The highest BCUT2D eigenvalue weighted by molar-refractivity contribution is 6.09. The van der Waals surface area contributed by atoms with E-state index >= 15 is 0 Å². The van der Waals surface area contributed by atoms with Gasteiger partial charge in [-0.1, -0.05) is 36.4 Å². The molecule has 0 bridgehead atoms. The van der Waals surface area contributed by atoms with E-state index in [2.05, 4.69) is 21.1 Å². The van der Waals surface area contributed by atoms with Gasteiger partial charge in [0.05, 0.1) is 26.7 Å². The zero-order chi connectivity index (χ0) is 20.2. The number of carbonyl (C=O) groups excluding carboxylic acids is 2. The highest BCUT2D eigenvalue weighted by Crippen LogP contribution is 2.15. The Kier molecular flexibility index (Phi) is 6.19. The summed E-state index contributed by atoms with van der Waals surface area (Å²) < 4.78 is 0.823. The van der Waals surface area contributed by atoms with Crippen LogP contribution in [0.1, 0.15) is 52.6 Å². The molecule has 2 rings (SSSR count). The normalized spacial score (nSPS) is 11.9. The van der Waals surface area contributed by atoms with Crippen LogP contribution in [-0.2, 0) is 16.3 Å². The Morgan fingerprint density at radius 2 is 1.26 bits per heavy atom. The number of nitrogens with zero attached hydrogens (tertiary/aromatic N) is 1. The maximum atomic E-state index is 12.6. The second kappa shape index (κ2) is 8.03. The number of benzene rings is 2. The summed E-state index contributed by atoms with van der Waals surface area (Å²) in [6, 6.07) is 14.0. The van der Waals surface area contributed by atoms with Gasteiger partial charge in [0.1, 0.15) is 12.1 Å². The van der Waals surface area contributed by atoms with Crippen LogP contribution in [0.4, 0.5) is 0 Å². The van der Waals surface area contributed by atoms with Crippen molar-refractivity contribution in [3.05, 3.63) is 70.8 Å². The quantitative estimate of drug-likeness (QED) is 0.334. The number of rotatable bonds is 6. The van der Waals surface area contributed by atoms with E-state index in [0.29, 0.717) is 16.7 Å². The Morgan fingerprint density at radius 3 is 1.70 bits per heavy atom. The molecule has 0 saturated carbocycles. The minimum Gasteiger partial charge on any atom is -0.327 e. The zero-order valence-corrected chi connectivity index (χ0v) is 16.9. The third kappa shape index (κ3) is 6.62. The molecule has 27 heavy (non-hydrogen) atoms. The lowest BCUT2D eigenvalue weighted by Crippen LogP contribution is -2.33. The minimum absolute atomic E-state index is 0.0855. The summed E-state index contributed by atoms with van der Waals surface area (Å²) in [5.74, 6) is -0.675. The molecular weight excluding hydrogens is 342 g/mol. The third-order valence-corrected chi connectivity index (χ3v) is 3.62. The average molecular weight is 370 g/mol. The van der Waals surface area contributed by atoms with E-state index in [-0.39, 0.29) is 5.78 Å². The van der Waals surface area contributed by atoms with Crippen LogP contribution in [0.15, 0.2) is 48.5 Å². The summed E-state index contributed by atoms with van der Waals surface area (Å²) in [4.78, 5) is 34.4. The van der Waals surface area contributed by atoms with Gasteiger partial charge in [-0.05, 0) is 32.9 Å². The highest BCUT2D eigenvalue weighted by Gasteiger charge is 2.17. The highest BCUT2D eigenvalue weighted by atomic mass is 17.2. The molecule has 0 radical (unpaired) electrons. The van der Waals surface area contributed by atoms with Gasteiger partial charge >= 0.3 is 5.97 Å². The number of carbonyl (C=O) groups is 2. The van der Waals surface area contributed by atoms with Gasteiger partial charge in [0, 0.05) is 16.7 Å². The Labute approximate surface area is 161 Å². The van der Waals surface area contributed by atoms with Crippen molar-refractivity contribution in [1.29, 1.82) is 0 Å². The van der Waals surface area contributed by atoms with Crippen LogP contribution >= 0.6 is 0 Å². The zero-order valence-electron chi connectivity index (χ0n) is 16.9. The van der Waals surface area contributed by atoms with E-state index in [4.69, 9.17) is 9.78 Å². The smallest absolute Gasteiger partial charge is 0.327 e. The number of quaternary nitrogens is 1. The largest absolute Gasteiger partial charge is 0.373 e. The molecule has 144 valence electrons. The topological polar surface area (TPSA) is 52.6 Å². The Balaban J connectivity index is 2.06. The molecule has 0 aliphatic carbocycles. The van der Waals surface area contributed by atoms with Crippen LogP contribution in [0.2, 0.25) is 0 Å². The molecule has 0 N–H and O–H groups in total. The minimum atomic E-state index is -0.589. The fourth-order valence-corrected chi connectivity index (χ4v) is 2.44. The van der Waals surface area contributed by atoms with Gasteiger partial charge in [-0.15, -0.1) is 0 Å². The molecule has 0 unspecified atom stereocenters. The van der Waals surface area contributed by atoms with Crippen molar-refractivity contribution in [2.45, 2.75) is 32.9 Å². The van der Waals surface area contributed by atoms with E-state index in [1.54, 1.807) is 45.0 Å². The second-order valence-corrected chi connectivity index (χ2v) is 8.62. The molecule has 0 fully saturated rings. The molecule has 0 amide bonds. The van der Waals surface area contributed by atoms with Gasteiger partial charge in [-0.3, -0.25) is 9.68 Å². The first-order valence-corrected chi connectivity index (χ1v) is 8.89. The van der Waals surface area contributed by atoms with Gasteiger partial charge in [0.2, 0.25) is 0 Å². The molecule has 2 aromatic carbocycles. The van der Waals surface area contributed by atoms with Gasteiger partial charge in [0.25, 0.3) is 0 Å². The Morgan fingerprint density at radius 1 is 0.815 bits per heavy atom. The fraction of sp³-hybridized carbons (Fsp3) is 0.364. The van der Waals surface area contributed by atoms with E-state index in [9.17, 15) is 9.59 Å². The van der Waals surface area contributed by atoms with E-state index in [1.807, 2.05) is 24.3 Å². The van der Waals surface area contributed by atoms with E-state index in [0.717, 1.165) is 11.0 Å². The lowest BCUT2D eigenvalue weighted by Gasteiger charge is -2.23. The van der Waals surface area contributed by atoms with Crippen LogP contribution < -0.4 is 0 Å². The van der Waals surface area contributed by atoms with Gasteiger partial charge in [-0.2, -0.15) is 4.89 Å². The summed E-state index contributed by atoms with van der Waals surface area (Å²) in [5.41, 5.74) is 2.06. The SMILES string of the molecule is CC(C)(C)OOC(=O)c1ccc(C(=O)c2ccc(C[N+](C)(C)C)cc2)cc1. The van der Waals surface area contributed by atoms with Gasteiger partial charge in [-0.25, -0.2) is 4.79 Å². The van der Waals surface area contributed by atoms with Crippen LogP contribution in [0.3, 0.4) is 0 Å². The standard InChI is InChI=1S/C22H28NO4/c1-22(2,3)27-26-21(25)19-13-11-18(12-14-19)20(24)17-9-7-16(8-10-17)15-23(4,5)6/h7-14H,15H2,1-6H3/q+1. The molecular formula is C22H28NO4+. The van der Waals surface area contributed by atoms with Crippen molar-refractivity contribution < 1.29 is 23.8 Å². The lowest BCUT2D eigenvalue weighted by atomic mass is 10.0. The summed E-state index contributed by atoms with van der Waals surface area (Å²) in [6.07, 6.45) is 0.